The summed E-state index contributed by atoms with van der Waals surface area (Å²) in [4.78, 5) is 24.0. The number of fused-ring (bicyclic) bond motifs is 1. The zero-order valence-electron chi connectivity index (χ0n) is 19.2. The quantitative estimate of drug-likeness (QED) is 0.370. The molecule has 0 saturated carbocycles. The van der Waals surface area contributed by atoms with Crippen molar-refractivity contribution in [3.8, 4) is 23.0 Å². The third-order valence-electron chi connectivity index (χ3n) is 5.62. The first kappa shape index (κ1) is 26.2. The van der Waals surface area contributed by atoms with Crippen LogP contribution >= 0.6 is 11.6 Å². The molecule has 37 heavy (non-hydrogen) atoms. The van der Waals surface area contributed by atoms with Gasteiger partial charge < -0.3 is 24.6 Å². The SMILES string of the molecule is O=C(NCCc1ccccc1OC(F)(F)F)c1ccc(Oc2cc3c(cc2Cl)C(C(=O)O)CCO3)cc1. The Labute approximate surface area is 214 Å². The molecule has 1 unspecified atom stereocenters. The number of carboxylic acids is 1. The van der Waals surface area contributed by atoms with E-state index in [1.165, 1.54) is 42.5 Å². The van der Waals surface area contributed by atoms with E-state index in [0.717, 1.165) is 0 Å². The van der Waals surface area contributed by atoms with Crippen molar-refractivity contribution in [2.24, 2.45) is 0 Å². The van der Waals surface area contributed by atoms with Crippen LogP contribution < -0.4 is 19.5 Å². The van der Waals surface area contributed by atoms with Crippen LogP contribution in [0.2, 0.25) is 5.02 Å². The highest BCUT2D eigenvalue weighted by Crippen LogP contribution is 2.41. The molecule has 11 heteroatoms. The summed E-state index contributed by atoms with van der Waals surface area (Å²) in [5, 5.41) is 12.3. The van der Waals surface area contributed by atoms with Gasteiger partial charge in [-0.3, -0.25) is 9.59 Å². The average Bonchev–Trinajstić information content (AvgIpc) is 2.84. The molecule has 7 nitrogen and oxygen atoms in total. The molecule has 4 rings (SSSR count). The fraction of sp³-hybridized carbons (Fsp3) is 0.231. The Morgan fingerprint density at radius 1 is 1.08 bits per heavy atom. The molecule has 0 saturated heterocycles. The van der Waals surface area contributed by atoms with Crippen molar-refractivity contribution in [1.29, 1.82) is 0 Å². The number of aliphatic carboxylic acids is 1. The minimum atomic E-state index is -4.81. The summed E-state index contributed by atoms with van der Waals surface area (Å²) in [5.41, 5.74) is 1.11. The maximum Gasteiger partial charge on any atom is 0.573 e. The van der Waals surface area contributed by atoms with E-state index in [9.17, 15) is 27.9 Å². The molecule has 1 atom stereocenters. The van der Waals surface area contributed by atoms with Crippen LogP contribution in [0.1, 0.15) is 33.8 Å². The first-order valence-electron chi connectivity index (χ1n) is 11.2. The molecule has 0 bridgehead atoms. The van der Waals surface area contributed by atoms with E-state index >= 15 is 0 Å². The molecule has 0 radical (unpaired) electrons. The normalized spacial score (nSPS) is 14.8. The van der Waals surface area contributed by atoms with Crippen LogP contribution in [0.15, 0.2) is 60.7 Å². The second-order valence-corrected chi connectivity index (χ2v) is 8.54. The molecule has 1 amide bonds. The number of alkyl halides is 3. The topological polar surface area (TPSA) is 94.1 Å². The van der Waals surface area contributed by atoms with Crippen LogP contribution in [0.25, 0.3) is 0 Å². The summed E-state index contributed by atoms with van der Waals surface area (Å²) in [5.74, 6) is -1.36. The van der Waals surface area contributed by atoms with Crippen molar-refractivity contribution in [3.63, 3.8) is 0 Å². The summed E-state index contributed by atoms with van der Waals surface area (Å²) in [7, 11) is 0. The van der Waals surface area contributed by atoms with Gasteiger partial charge in [-0.1, -0.05) is 29.8 Å². The number of halogens is 4. The molecule has 2 N–H and O–H groups in total. The number of ether oxygens (including phenoxy) is 3. The van der Waals surface area contributed by atoms with Gasteiger partial charge in [0.2, 0.25) is 0 Å². The van der Waals surface area contributed by atoms with Crippen LogP contribution in [0.3, 0.4) is 0 Å². The Morgan fingerprint density at radius 2 is 1.81 bits per heavy atom. The minimum absolute atomic E-state index is 0.0946. The first-order chi connectivity index (χ1) is 17.6. The maximum atomic E-state index is 12.6. The van der Waals surface area contributed by atoms with Gasteiger partial charge >= 0.3 is 12.3 Å². The van der Waals surface area contributed by atoms with E-state index in [-0.39, 0.29) is 36.1 Å². The first-order valence-corrected chi connectivity index (χ1v) is 11.6. The summed E-state index contributed by atoms with van der Waals surface area (Å²) in [6.45, 7) is 0.354. The Hall–Kier alpha value is -3.92. The lowest BCUT2D eigenvalue weighted by molar-refractivity contribution is -0.274. The van der Waals surface area contributed by atoms with Crippen molar-refractivity contribution in [3.05, 3.63) is 82.4 Å². The lowest BCUT2D eigenvalue weighted by Crippen LogP contribution is -2.26. The number of carbonyl (C=O) groups is 2. The van der Waals surface area contributed by atoms with E-state index in [4.69, 9.17) is 21.1 Å². The van der Waals surface area contributed by atoms with Crippen LogP contribution in [-0.2, 0) is 11.2 Å². The Morgan fingerprint density at radius 3 is 2.51 bits per heavy atom. The molecule has 1 heterocycles. The molecule has 0 spiro atoms. The Kier molecular flexibility index (Phi) is 7.77. The maximum absolute atomic E-state index is 12.6. The molecule has 1 aliphatic heterocycles. The van der Waals surface area contributed by atoms with Crippen LogP contribution in [0.4, 0.5) is 13.2 Å². The highest BCUT2D eigenvalue weighted by atomic mass is 35.5. The van der Waals surface area contributed by atoms with Crippen molar-refractivity contribution in [2.75, 3.05) is 13.2 Å². The summed E-state index contributed by atoms with van der Waals surface area (Å²) in [6, 6.07) is 14.9. The van der Waals surface area contributed by atoms with E-state index in [2.05, 4.69) is 10.1 Å². The minimum Gasteiger partial charge on any atom is -0.493 e. The van der Waals surface area contributed by atoms with E-state index in [1.54, 1.807) is 18.2 Å². The van der Waals surface area contributed by atoms with Crippen molar-refractivity contribution in [1.82, 2.24) is 5.32 Å². The zero-order valence-corrected chi connectivity index (χ0v) is 19.9. The number of amides is 1. The predicted octanol–water partition coefficient (Wildman–Crippen LogP) is 5.95. The highest BCUT2D eigenvalue weighted by molar-refractivity contribution is 6.32. The van der Waals surface area contributed by atoms with Crippen LogP contribution in [-0.4, -0.2) is 36.5 Å². The number of para-hydroxylation sites is 1. The lowest BCUT2D eigenvalue weighted by Gasteiger charge is -2.24. The average molecular weight is 536 g/mol. The molecule has 194 valence electrons. The van der Waals surface area contributed by atoms with Crippen molar-refractivity contribution >= 4 is 23.5 Å². The zero-order chi connectivity index (χ0) is 26.6. The van der Waals surface area contributed by atoms with E-state index in [1.807, 2.05) is 0 Å². The van der Waals surface area contributed by atoms with Crippen LogP contribution in [0, 0.1) is 0 Å². The fourth-order valence-electron chi connectivity index (χ4n) is 3.87. The molecule has 3 aromatic rings. The molecule has 0 aromatic heterocycles. The fourth-order valence-corrected chi connectivity index (χ4v) is 4.08. The van der Waals surface area contributed by atoms with Gasteiger partial charge in [-0.05, 0) is 54.8 Å². The van der Waals surface area contributed by atoms with Gasteiger partial charge in [0, 0.05) is 23.7 Å². The van der Waals surface area contributed by atoms with Crippen LogP contribution in [0.5, 0.6) is 23.0 Å². The molecular weight excluding hydrogens is 515 g/mol. The van der Waals surface area contributed by atoms with E-state index in [0.29, 0.717) is 34.6 Å². The van der Waals surface area contributed by atoms with Gasteiger partial charge in [-0.2, -0.15) is 0 Å². The number of nitrogens with one attached hydrogen (secondary N) is 1. The number of carboxylic acid groups (broad SMARTS) is 1. The monoisotopic (exact) mass is 535 g/mol. The second kappa shape index (κ2) is 11.0. The number of hydrogen-bond acceptors (Lipinski definition) is 5. The summed E-state index contributed by atoms with van der Waals surface area (Å²) in [6.07, 6.45) is -4.32. The van der Waals surface area contributed by atoms with E-state index < -0.39 is 24.2 Å². The Balaban J connectivity index is 1.36. The number of benzene rings is 3. The van der Waals surface area contributed by atoms with Gasteiger partial charge in [0.05, 0.1) is 17.5 Å². The molecule has 0 fully saturated rings. The highest BCUT2D eigenvalue weighted by Gasteiger charge is 2.32. The van der Waals surface area contributed by atoms with Gasteiger partial charge in [-0.25, -0.2) is 0 Å². The van der Waals surface area contributed by atoms with Crippen molar-refractivity contribution < 1.29 is 42.1 Å². The molecule has 1 aliphatic rings. The number of hydrogen-bond donors (Lipinski definition) is 2. The standard InChI is InChI=1S/C26H21ClF3NO6/c27-20-13-19-18(25(33)34)10-12-35-22(19)14-23(20)36-17-7-5-16(6-8-17)24(32)31-11-9-15-3-1-2-4-21(15)37-26(28,29)30/h1-8,13-14,18H,9-12H2,(H,31,32)(H,33,34). The third kappa shape index (κ3) is 6.65. The number of carbonyl (C=O) groups excluding carboxylic acids is 1. The smallest absolute Gasteiger partial charge is 0.493 e. The Bertz CT molecular complexity index is 1300. The number of rotatable bonds is 8. The third-order valence-corrected chi connectivity index (χ3v) is 5.92. The second-order valence-electron chi connectivity index (χ2n) is 8.14. The summed E-state index contributed by atoms with van der Waals surface area (Å²) < 4.78 is 53.1. The van der Waals surface area contributed by atoms with Gasteiger partial charge in [0.1, 0.15) is 23.0 Å². The lowest BCUT2D eigenvalue weighted by atomic mass is 9.93. The van der Waals surface area contributed by atoms with Gasteiger partial charge in [-0.15, -0.1) is 13.2 Å². The molecule has 3 aromatic carbocycles. The molecule has 0 aliphatic carbocycles. The molecular formula is C26H21ClF3NO6. The van der Waals surface area contributed by atoms with Gasteiger partial charge in [0.15, 0.2) is 0 Å². The van der Waals surface area contributed by atoms with Crippen molar-refractivity contribution in [2.45, 2.75) is 25.1 Å². The summed E-state index contributed by atoms with van der Waals surface area (Å²) >= 11 is 6.31. The van der Waals surface area contributed by atoms with Gasteiger partial charge in [0.25, 0.3) is 5.91 Å². The largest absolute Gasteiger partial charge is 0.573 e. The predicted molar refractivity (Wildman–Crippen MR) is 128 cm³/mol.